The Labute approximate surface area is 147 Å². The molecule has 0 aromatic heterocycles. The maximum absolute atomic E-state index is 11.9. The van der Waals surface area contributed by atoms with Crippen LogP contribution >= 0.6 is 28.1 Å². The number of nitrogens with one attached hydrogen (secondary N) is 2. The molecule has 23 heavy (non-hydrogen) atoms. The van der Waals surface area contributed by atoms with Crippen LogP contribution in [-0.2, 0) is 9.59 Å². The van der Waals surface area contributed by atoms with Crippen molar-refractivity contribution in [2.75, 3.05) is 13.7 Å². The minimum atomic E-state index is -0.542. The molecular formula is C15H15BrN2O4S. The second kappa shape index (κ2) is 7.56. The summed E-state index contributed by atoms with van der Waals surface area (Å²) >= 11 is 8.18. The second-order valence-electron chi connectivity index (χ2n) is 4.68. The van der Waals surface area contributed by atoms with Crippen LogP contribution in [0.4, 0.5) is 0 Å². The van der Waals surface area contributed by atoms with Crippen LogP contribution in [0.1, 0.15) is 18.9 Å². The molecule has 8 heteroatoms. The number of carbonyl (C=O) groups excluding carboxylic acids is 2. The summed E-state index contributed by atoms with van der Waals surface area (Å²) in [5, 5.41) is 4.77. The first-order valence-corrected chi connectivity index (χ1v) is 8.05. The van der Waals surface area contributed by atoms with Gasteiger partial charge in [0.15, 0.2) is 16.6 Å². The van der Waals surface area contributed by atoms with Crippen molar-refractivity contribution in [2.45, 2.75) is 13.3 Å². The van der Waals surface area contributed by atoms with Gasteiger partial charge >= 0.3 is 0 Å². The summed E-state index contributed by atoms with van der Waals surface area (Å²) in [6, 6.07) is 3.43. The molecular weight excluding hydrogens is 384 g/mol. The van der Waals surface area contributed by atoms with Crippen molar-refractivity contribution in [3.8, 4) is 11.5 Å². The third-order valence-electron chi connectivity index (χ3n) is 2.96. The van der Waals surface area contributed by atoms with Gasteiger partial charge in [-0.1, -0.05) is 6.92 Å². The Bertz CT molecular complexity index is 681. The Balaban J connectivity index is 2.38. The molecule has 1 aromatic carbocycles. The van der Waals surface area contributed by atoms with Crippen molar-refractivity contribution < 1.29 is 19.1 Å². The highest BCUT2D eigenvalue weighted by atomic mass is 79.9. The summed E-state index contributed by atoms with van der Waals surface area (Å²) in [6.07, 6.45) is 2.32. The van der Waals surface area contributed by atoms with E-state index >= 15 is 0 Å². The fourth-order valence-electron chi connectivity index (χ4n) is 1.94. The SMILES string of the molecule is CCCOc1c(Br)cc(C=C2C(=O)NC(=S)NC2=O)cc1OC. The average molecular weight is 399 g/mol. The largest absolute Gasteiger partial charge is 0.493 e. The number of carbonyl (C=O) groups is 2. The topological polar surface area (TPSA) is 76.7 Å². The molecule has 1 aromatic rings. The van der Waals surface area contributed by atoms with E-state index in [-0.39, 0.29) is 10.7 Å². The van der Waals surface area contributed by atoms with E-state index in [9.17, 15) is 9.59 Å². The summed E-state index contributed by atoms with van der Waals surface area (Å²) in [5.74, 6) is 0.00217. The van der Waals surface area contributed by atoms with Gasteiger partial charge in [0.05, 0.1) is 18.2 Å². The van der Waals surface area contributed by atoms with Crippen molar-refractivity contribution in [1.29, 1.82) is 0 Å². The summed E-state index contributed by atoms with van der Waals surface area (Å²) in [5.41, 5.74) is 0.584. The first kappa shape index (κ1) is 17.4. The molecule has 1 aliphatic rings. The number of methoxy groups -OCH3 is 1. The summed E-state index contributed by atoms with van der Waals surface area (Å²) in [7, 11) is 1.52. The quantitative estimate of drug-likeness (QED) is 0.451. The van der Waals surface area contributed by atoms with Gasteiger partial charge in [-0.2, -0.15) is 0 Å². The Morgan fingerprint density at radius 1 is 1.26 bits per heavy atom. The highest BCUT2D eigenvalue weighted by molar-refractivity contribution is 9.10. The van der Waals surface area contributed by atoms with E-state index in [0.717, 1.165) is 6.42 Å². The number of benzene rings is 1. The molecule has 122 valence electrons. The molecule has 0 saturated carbocycles. The highest BCUT2D eigenvalue weighted by Gasteiger charge is 2.26. The smallest absolute Gasteiger partial charge is 0.263 e. The Hall–Kier alpha value is -1.93. The van der Waals surface area contributed by atoms with Crippen LogP contribution in [0, 0.1) is 0 Å². The highest BCUT2D eigenvalue weighted by Crippen LogP contribution is 2.37. The maximum Gasteiger partial charge on any atom is 0.263 e. The molecule has 2 rings (SSSR count). The molecule has 1 aliphatic heterocycles. The number of ether oxygens (including phenoxy) is 2. The Kier molecular flexibility index (Phi) is 5.73. The molecule has 2 amide bonds. The lowest BCUT2D eigenvalue weighted by molar-refractivity contribution is -0.123. The van der Waals surface area contributed by atoms with Crippen molar-refractivity contribution in [1.82, 2.24) is 10.6 Å². The van der Waals surface area contributed by atoms with Crippen molar-refractivity contribution >= 4 is 51.2 Å². The van der Waals surface area contributed by atoms with Crippen LogP contribution in [-0.4, -0.2) is 30.6 Å². The van der Waals surface area contributed by atoms with E-state index in [1.165, 1.54) is 13.2 Å². The van der Waals surface area contributed by atoms with Gasteiger partial charge in [-0.05, 0) is 58.3 Å². The average Bonchev–Trinajstić information content (AvgIpc) is 2.49. The minimum Gasteiger partial charge on any atom is -0.493 e. The Morgan fingerprint density at radius 3 is 2.48 bits per heavy atom. The fourth-order valence-corrected chi connectivity index (χ4v) is 2.70. The van der Waals surface area contributed by atoms with Gasteiger partial charge in [0.2, 0.25) is 0 Å². The number of halogens is 1. The lowest BCUT2D eigenvalue weighted by Gasteiger charge is -2.17. The molecule has 0 aliphatic carbocycles. The van der Waals surface area contributed by atoms with Crippen molar-refractivity contribution in [3.63, 3.8) is 0 Å². The lowest BCUT2D eigenvalue weighted by Crippen LogP contribution is -2.51. The second-order valence-corrected chi connectivity index (χ2v) is 5.94. The third-order valence-corrected chi connectivity index (χ3v) is 3.75. The number of hydrogen-bond acceptors (Lipinski definition) is 5. The predicted molar refractivity (Wildman–Crippen MR) is 93.3 cm³/mol. The molecule has 1 heterocycles. The van der Waals surface area contributed by atoms with E-state index in [1.54, 1.807) is 12.1 Å². The van der Waals surface area contributed by atoms with E-state index in [0.29, 0.717) is 28.1 Å². The van der Waals surface area contributed by atoms with Gasteiger partial charge in [0.25, 0.3) is 11.8 Å². The van der Waals surface area contributed by atoms with Crippen LogP contribution in [0.5, 0.6) is 11.5 Å². The van der Waals surface area contributed by atoms with Gasteiger partial charge in [0.1, 0.15) is 5.57 Å². The third kappa shape index (κ3) is 4.08. The number of amides is 2. The minimum absolute atomic E-state index is 0.000718. The molecule has 2 N–H and O–H groups in total. The van der Waals surface area contributed by atoms with Gasteiger partial charge in [-0.25, -0.2) is 0 Å². The summed E-state index contributed by atoms with van der Waals surface area (Å²) in [4.78, 5) is 23.7. The van der Waals surface area contributed by atoms with Crippen LogP contribution in [0.3, 0.4) is 0 Å². The van der Waals surface area contributed by atoms with E-state index in [2.05, 4.69) is 26.6 Å². The predicted octanol–water partition coefficient (Wildman–Crippen LogP) is 2.16. The van der Waals surface area contributed by atoms with Crippen LogP contribution < -0.4 is 20.1 Å². The Morgan fingerprint density at radius 2 is 1.91 bits per heavy atom. The zero-order valence-electron chi connectivity index (χ0n) is 12.6. The fraction of sp³-hybridized carbons (Fsp3) is 0.267. The summed E-state index contributed by atoms with van der Waals surface area (Å²) < 4.78 is 11.6. The van der Waals surface area contributed by atoms with Gasteiger partial charge in [-0.3, -0.25) is 20.2 Å². The zero-order valence-corrected chi connectivity index (χ0v) is 15.0. The molecule has 0 radical (unpaired) electrons. The molecule has 0 bridgehead atoms. The molecule has 0 unspecified atom stereocenters. The monoisotopic (exact) mass is 398 g/mol. The molecule has 1 saturated heterocycles. The molecule has 6 nitrogen and oxygen atoms in total. The molecule has 0 atom stereocenters. The maximum atomic E-state index is 11.9. The zero-order chi connectivity index (χ0) is 17.0. The van der Waals surface area contributed by atoms with Crippen LogP contribution in [0.25, 0.3) is 6.08 Å². The first-order chi connectivity index (χ1) is 11.0. The van der Waals surface area contributed by atoms with Gasteiger partial charge in [-0.15, -0.1) is 0 Å². The number of thiocarbonyl (C=S) groups is 1. The lowest BCUT2D eigenvalue weighted by atomic mass is 10.1. The summed E-state index contributed by atoms with van der Waals surface area (Å²) in [6.45, 7) is 2.56. The first-order valence-electron chi connectivity index (χ1n) is 6.85. The van der Waals surface area contributed by atoms with Crippen LogP contribution in [0.15, 0.2) is 22.2 Å². The van der Waals surface area contributed by atoms with Crippen molar-refractivity contribution in [3.05, 3.63) is 27.7 Å². The van der Waals surface area contributed by atoms with E-state index < -0.39 is 11.8 Å². The molecule has 0 spiro atoms. The van der Waals surface area contributed by atoms with Gasteiger partial charge in [0, 0.05) is 0 Å². The van der Waals surface area contributed by atoms with Gasteiger partial charge < -0.3 is 9.47 Å². The van der Waals surface area contributed by atoms with E-state index in [4.69, 9.17) is 21.7 Å². The normalized spacial score (nSPS) is 14.2. The van der Waals surface area contributed by atoms with Crippen LogP contribution in [0.2, 0.25) is 0 Å². The van der Waals surface area contributed by atoms with Crippen molar-refractivity contribution in [2.24, 2.45) is 0 Å². The van der Waals surface area contributed by atoms with E-state index in [1.807, 2.05) is 6.92 Å². The number of rotatable bonds is 5. The standard InChI is InChI=1S/C15H15BrN2O4S/c1-3-4-22-12-10(16)6-8(7-11(12)21-2)5-9-13(19)17-15(23)18-14(9)20/h5-7H,3-4H2,1-2H3,(H2,17,18,19,20,23). The molecule has 1 fully saturated rings. The number of hydrogen-bond donors (Lipinski definition) is 2.